The zero-order valence-corrected chi connectivity index (χ0v) is 20.5. The number of anilines is 1. The number of nitrogens with zero attached hydrogens (tertiary/aromatic N) is 4. The van der Waals surface area contributed by atoms with Crippen molar-refractivity contribution in [3.63, 3.8) is 0 Å². The molecule has 0 aliphatic carbocycles. The van der Waals surface area contributed by atoms with Crippen LogP contribution in [0.1, 0.15) is 41.7 Å². The van der Waals surface area contributed by atoms with Crippen molar-refractivity contribution in [3.05, 3.63) is 59.8 Å². The molecule has 0 radical (unpaired) electrons. The van der Waals surface area contributed by atoms with Crippen LogP contribution in [0.25, 0.3) is 21.8 Å². The first kappa shape index (κ1) is 22.2. The Bertz CT molecular complexity index is 1330. The van der Waals surface area contributed by atoms with Gasteiger partial charge in [-0.15, -0.1) is 0 Å². The maximum atomic E-state index is 13.5. The lowest BCUT2D eigenvalue weighted by molar-refractivity contribution is 0.0577. The summed E-state index contributed by atoms with van der Waals surface area (Å²) in [5.41, 5.74) is 4.06. The monoisotopic (exact) mass is 470 g/mol. The number of benzene rings is 2. The van der Waals surface area contributed by atoms with Crippen LogP contribution in [0.4, 0.5) is 5.82 Å². The minimum atomic E-state index is 0.152. The van der Waals surface area contributed by atoms with Crippen molar-refractivity contribution >= 4 is 33.5 Å². The highest BCUT2D eigenvalue weighted by atomic mass is 16.2. The number of likely N-dealkylation sites (tertiary alicyclic amines) is 1. The average Bonchev–Trinajstić information content (AvgIpc) is 3.52. The van der Waals surface area contributed by atoms with Gasteiger partial charge in [0.25, 0.3) is 5.91 Å². The Balaban J connectivity index is 1.07. The van der Waals surface area contributed by atoms with E-state index in [0.717, 1.165) is 86.5 Å². The number of hydrogen-bond acceptors (Lipinski definition) is 4. The zero-order valence-electron chi connectivity index (χ0n) is 20.5. The van der Waals surface area contributed by atoms with Crippen LogP contribution in [0.2, 0.25) is 0 Å². The molecule has 2 fully saturated rings. The molecule has 0 saturated carbocycles. The van der Waals surface area contributed by atoms with Gasteiger partial charge in [-0.25, -0.2) is 0 Å². The number of aromatic nitrogens is 3. The van der Waals surface area contributed by atoms with Crippen LogP contribution >= 0.6 is 0 Å². The minimum absolute atomic E-state index is 0.152. The third-order valence-corrected chi connectivity index (χ3v) is 7.80. The Morgan fingerprint density at radius 1 is 1.00 bits per heavy atom. The van der Waals surface area contributed by atoms with Gasteiger partial charge in [0.2, 0.25) is 0 Å². The van der Waals surface area contributed by atoms with E-state index in [9.17, 15) is 4.79 Å². The van der Waals surface area contributed by atoms with Gasteiger partial charge in [-0.2, -0.15) is 5.10 Å². The van der Waals surface area contributed by atoms with E-state index < -0.39 is 0 Å². The average molecular weight is 471 g/mol. The summed E-state index contributed by atoms with van der Waals surface area (Å²) < 4.78 is 0. The molecule has 182 valence electrons. The second-order valence-corrected chi connectivity index (χ2v) is 10.1. The molecule has 1 unspecified atom stereocenters. The topological polar surface area (TPSA) is 71.3 Å². The van der Waals surface area contributed by atoms with Crippen LogP contribution in [0.5, 0.6) is 0 Å². The lowest BCUT2D eigenvalue weighted by atomic mass is 9.98. The molecule has 2 aliphatic rings. The molecular formula is C28H34N6O. The maximum absolute atomic E-state index is 13.5. The second kappa shape index (κ2) is 9.38. The molecule has 1 amide bonds. The van der Waals surface area contributed by atoms with Gasteiger partial charge in [-0.05, 0) is 62.4 Å². The SMILES string of the molecule is Cc1ccc2cc(C(=O)N3CCCCC3CCN3CCN(c4n[nH]c5ccccc45)CC3)[nH]c2c1. The molecule has 2 aromatic carbocycles. The number of fused-ring (bicyclic) bond motifs is 2. The standard InChI is InChI=1S/C28H34N6O/c1-20-9-10-21-19-26(29-25(21)18-20)28(35)34-12-5-4-6-22(34)11-13-32-14-16-33(17-15-32)27-23-7-2-3-8-24(23)30-31-27/h2-3,7-10,18-19,22,29H,4-6,11-17H2,1H3,(H,30,31). The van der Waals surface area contributed by atoms with E-state index >= 15 is 0 Å². The predicted molar refractivity (Wildman–Crippen MR) is 141 cm³/mol. The molecule has 0 bridgehead atoms. The first-order chi connectivity index (χ1) is 17.2. The van der Waals surface area contributed by atoms with E-state index in [1.807, 2.05) is 12.1 Å². The van der Waals surface area contributed by atoms with Crippen LogP contribution < -0.4 is 4.90 Å². The first-order valence-electron chi connectivity index (χ1n) is 13.0. The number of piperazine rings is 1. The summed E-state index contributed by atoms with van der Waals surface area (Å²) in [5, 5.41) is 10.0. The van der Waals surface area contributed by atoms with Crippen LogP contribution in [0, 0.1) is 6.92 Å². The predicted octanol–water partition coefficient (Wildman–Crippen LogP) is 4.56. The van der Waals surface area contributed by atoms with E-state index in [1.54, 1.807) is 0 Å². The molecule has 4 aromatic rings. The van der Waals surface area contributed by atoms with Gasteiger partial charge in [0, 0.05) is 61.6 Å². The Kier molecular flexibility index (Phi) is 5.94. The summed E-state index contributed by atoms with van der Waals surface area (Å²) in [7, 11) is 0. The van der Waals surface area contributed by atoms with Crippen LogP contribution in [0.3, 0.4) is 0 Å². The summed E-state index contributed by atoms with van der Waals surface area (Å²) in [6.07, 6.45) is 4.44. The van der Waals surface area contributed by atoms with E-state index in [2.05, 4.69) is 73.2 Å². The van der Waals surface area contributed by atoms with E-state index in [-0.39, 0.29) is 5.91 Å². The highest BCUT2D eigenvalue weighted by Crippen LogP contribution is 2.26. The number of para-hydroxylation sites is 1. The van der Waals surface area contributed by atoms with E-state index in [4.69, 9.17) is 0 Å². The van der Waals surface area contributed by atoms with E-state index in [1.165, 1.54) is 17.4 Å². The molecule has 0 spiro atoms. The lowest BCUT2D eigenvalue weighted by Gasteiger charge is -2.39. The number of carbonyl (C=O) groups excluding carboxylic acids is 1. The number of nitrogens with one attached hydrogen (secondary N) is 2. The third kappa shape index (κ3) is 4.41. The normalized spacial score (nSPS) is 19.6. The molecule has 2 aliphatic heterocycles. The Labute approximate surface area is 206 Å². The number of aromatic amines is 2. The number of hydrogen-bond donors (Lipinski definition) is 2. The summed E-state index contributed by atoms with van der Waals surface area (Å²) in [6.45, 7) is 8.01. The van der Waals surface area contributed by atoms with Gasteiger partial charge < -0.3 is 14.8 Å². The second-order valence-electron chi connectivity index (χ2n) is 10.1. The highest BCUT2D eigenvalue weighted by molar-refractivity contribution is 5.98. The third-order valence-electron chi connectivity index (χ3n) is 7.80. The summed E-state index contributed by atoms with van der Waals surface area (Å²) in [5.74, 6) is 1.22. The quantitative estimate of drug-likeness (QED) is 0.449. The number of amides is 1. The zero-order chi connectivity index (χ0) is 23.8. The molecule has 35 heavy (non-hydrogen) atoms. The molecule has 7 nitrogen and oxygen atoms in total. The van der Waals surface area contributed by atoms with Gasteiger partial charge in [-0.3, -0.25) is 14.8 Å². The summed E-state index contributed by atoms with van der Waals surface area (Å²) in [6, 6.07) is 17.0. The first-order valence-corrected chi connectivity index (χ1v) is 13.0. The number of aryl methyl sites for hydroxylation is 1. The molecule has 7 heteroatoms. The van der Waals surface area contributed by atoms with Crippen LogP contribution in [0.15, 0.2) is 48.5 Å². The van der Waals surface area contributed by atoms with E-state index in [0.29, 0.717) is 6.04 Å². The molecule has 2 aromatic heterocycles. The maximum Gasteiger partial charge on any atom is 0.270 e. The molecule has 2 N–H and O–H groups in total. The number of H-pyrrole nitrogens is 2. The molecule has 6 rings (SSSR count). The van der Waals surface area contributed by atoms with Crippen molar-refractivity contribution < 1.29 is 4.79 Å². The van der Waals surface area contributed by atoms with Crippen molar-refractivity contribution in [3.8, 4) is 0 Å². The minimum Gasteiger partial charge on any atom is -0.352 e. The number of rotatable bonds is 5. The number of carbonyl (C=O) groups is 1. The van der Waals surface area contributed by atoms with Gasteiger partial charge in [0.1, 0.15) is 5.69 Å². The van der Waals surface area contributed by atoms with Crippen LogP contribution in [-0.4, -0.2) is 76.2 Å². The van der Waals surface area contributed by atoms with Gasteiger partial charge in [0.05, 0.1) is 5.52 Å². The fourth-order valence-electron chi connectivity index (χ4n) is 5.78. The summed E-state index contributed by atoms with van der Waals surface area (Å²) >= 11 is 0. The van der Waals surface area contributed by atoms with Crippen molar-refractivity contribution in [1.82, 2.24) is 25.0 Å². The van der Waals surface area contributed by atoms with Gasteiger partial charge in [-0.1, -0.05) is 24.3 Å². The molecule has 4 heterocycles. The smallest absolute Gasteiger partial charge is 0.270 e. The molecular weight excluding hydrogens is 436 g/mol. The largest absolute Gasteiger partial charge is 0.352 e. The molecule has 1 atom stereocenters. The Morgan fingerprint density at radius 2 is 1.86 bits per heavy atom. The number of piperidine rings is 1. The fourth-order valence-corrected chi connectivity index (χ4v) is 5.78. The van der Waals surface area contributed by atoms with Crippen molar-refractivity contribution in [2.24, 2.45) is 0 Å². The highest BCUT2D eigenvalue weighted by Gasteiger charge is 2.29. The van der Waals surface area contributed by atoms with Gasteiger partial charge in [0.15, 0.2) is 5.82 Å². The fraction of sp³-hybridized carbons (Fsp3) is 0.429. The van der Waals surface area contributed by atoms with Crippen molar-refractivity contribution in [2.75, 3.05) is 44.2 Å². The Morgan fingerprint density at radius 3 is 2.74 bits per heavy atom. The lowest BCUT2D eigenvalue weighted by Crippen LogP contribution is -2.49. The van der Waals surface area contributed by atoms with Gasteiger partial charge >= 0.3 is 0 Å². The summed E-state index contributed by atoms with van der Waals surface area (Å²) in [4.78, 5) is 23.9. The molecule has 2 saturated heterocycles. The Hall–Kier alpha value is -3.32. The van der Waals surface area contributed by atoms with Crippen molar-refractivity contribution in [1.29, 1.82) is 0 Å². The van der Waals surface area contributed by atoms with Crippen LogP contribution in [-0.2, 0) is 0 Å². The van der Waals surface area contributed by atoms with Crippen molar-refractivity contribution in [2.45, 2.75) is 38.6 Å².